The molecule has 0 aromatic heterocycles. The molecule has 0 fully saturated rings. The number of aliphatic carboxylic acids is 1. The Morgan fingerprint density at radius 3 is 2.31 bits per heavy atom. The minimum atomic E-state index is -1.17. The molecule has 16 heavy (non-hydrogen) atoms. The zero-order valence-electron chi connectivity index (χ0n) is 8.60. The lowest BCUT2D eigenvalue weighted by atomic mass is 10.2. The van der Waals surface area contributed by atoms with Crippen LogP contribution in [0.3, 0.4) is 0 Å². The molecule has 1 amide bonds. The summed E-state index contributed by atoms with van der Waals surface area (Å²) in [6.45, 7) is 1.41. The Morgan fingerprint density at radius 2 is 1.81 bits per heavy atom. The average Bonchev–Trinajstić information content (AvgIpc) is 2.20. The molecule has 5 heteroatoms. The van der Waals surface area contributed by atoms with Gasteiger partial charge in [-0.2, -0.15) is 0 Å². The number of carboxylic acids is 1. The highest BCUT2D eigenvalue weighted by Crippen LogP contribution is 2.14. The number of hydrogen-bond acceptors (Lipinski definition) is 3. The van der Waals surface area contributed by atoms with E-state index in [9.17, 15) is 9.59 Å². The molecular weight excluding hydrogens is 210 g/mol. The van der Waals surface area contributed by atoms with Gasteiger partial charge in [-0.1, -0.05) is 0 Å². The number of carboxylic acid groups (broad SMARTS) is 1. The van der Waals surface area contributed by atoms with Crippen LogP contribution in [0.25, 0.3) is 0 Å². The van der Waals surface area contributed by atoms with Crippen molar-refractivity contribution < 1.29 is 19.8 Å². The van der Waals surface area contributed by atoms with E-state index in [0.29, 0.717) is 5.69 Å². The lowest BCUT2D eigenvalue weighted by Crippen LogP contribution is -2.13. The highest BCUT2D eigenvalue weighted by atomic mass is 16.4. The van der Waals surface area contributed by atoms with Crippen molar-refractivity contribution in [3.63, 3.8) is 0 Å². The zero-order chi connectivity index (χ0) is 12.1. The molecule has 0 aliphatic heterocycles. The summed E-state index contributed by atoms with van der Waals surface area (Å²) in [5.74, 6) is -1.57. The first-order chi connectivity index (χ1) is 7.49. The second-order valence-corrected chi connectivity index (χ2v) is 3.17. The molecule has 0 saturated heterocycles. The minimum Gasteiger partial charge on any atom is -0.508 e. The third kappa shape index (κ3) is 3.45. The van der Waals surface area contributed by atoms with Crippen LogP contribution in [0, 0.1) is 0 Å². The van der Waals surface area contributed by atoms with Crippen LogP contribution in [0.5, 0.6) is 5.75 Å². The molecule has 0 aliphatic rings. The molecule has 3 N–H and O–H groups in total. The first-order valence-corrected chi connectivity index (χ1v) is 4.50. The van der Waals surface area contributed by atoms with Crippen LogP contribution in [0.4, 0.5) is 5.69 Å². The predicted molar refractivity (Wildman–Crippen MR) is 58.1 cm³/mol. The number of anilines is 1. The van der Waals surface area contributed by atoms with Gasteiger partial charge in [0.2, 0.25) is 0 Å². The second-order valence-electron chi connectivity index (χ2n) is 3.17. The van der Waals surface area contributed by atoms with Gasteiger partial charge < -0.3 is 15.5 Å². The Morgan fingerprint density at radius 1 is 1.25 bits per heavy atom. The molecule has 0 unspecified atom stereocenters. The summed E-state index contributed by atoms with van der Waals surface area (Å²) in [5, 5.41) is 20.0. The van der Waals surface area contributed by atoms with E-state index >= 15 is 0 Å². The van der Waals surface area contributed by atoms with Gasteiger partial charge in [-0.05, 0) is 31.2 Å². The molecule has 1 aromatic carbocycles. The molecule has 1 aromatic rings. The second kappa shape index (κ2) is 4.97. The average molecular weight is 221 g/mol. The minimum absolute atomic E-state index is 0.0933. The van der Waals surface area contributed by atoms with Crippen molar-refractivity contribution in [2.75, 3.05) is 5.32 Å². The smallest absolute Gasteiger partial charge is 0.328 e. The van der Waals surface area contributed by atoms with Gasteiger partial charge in [0.25, 0.3) is 5.91 Å². The highest BCUT2D eigenvalue weighted by molar-refractivity contribution is 6.06. The van der Waals surface area contributed by atoms with E-state index in [1.165, 1.54) is 31.2 Å². The van der Waals surface area contributed by atoms with Crippen molar-refractivity contribution >= 4 is 17.6 Å². The Hall–Kier alpha value is -2.30. The Balaban J connectivity index is 2.71. The van der Waals surface area contributed by atoms with Crippen LogP contribution in [0.15, 0.2) is 35.9 Å². The van der Waals surface area contributed by atoms with Crippen molar-refractivity contribution in [2.24, 2.45) is 0 Å². The molecule has 0 atom stereocenters. The van der Waals surface area contributed by atoms with E-state index in [1.54, 1.807) is 0 Å². The Kier molecular flexibility index (Phi) is 3.66. The summed E-state index contributed by atoms with van der Waals surface area (Å²) in [5.41, 5.74) is 0.585. The zero-order valence-corrected chi connectivity index (χ0v) is 8.60. The van der Waals surface area contributed by atoms with E-state index < -0.39 is 11.9 Å². The number of carbonyl (C=O) groups excluding carboxylic acids is 1. The fourth-order valence-electron chi connectivity index (χ4n) is 1.03. The molecule has 84 valence electrons. The van der Waals surface area contributed by atoms with Gasteiger partial charge in [-0.3, -0.25) is 4.79 Å². The number of carbonyl (C=O) groups is 2. The van der Waals surface area contributed by atoms with Crippen LogP contribution in [0.2, 0.25) is 0 Å². The summed E-state index contributed by atoms with van der Waals surface area (Å²) in [6.07, 6.45) is 0.829. The van der Waals surface area contributed by atoms with Gasteiger partial charge >= 0.3 is 5.97 Å². The van der Waals surface area contributed by atoms with Gasteiger partial charge in [-0.15, -0.1) is 0 Å². The van der Waals surface area contributed by atoms with E-state index in [1.807, 2.05) is 0 Å². The first-order valence-electron chi connectivity index (χ1n) is 4.50. The van der Waals surface area contributed by atoms with Crippen LogP contribution in [-0.4, -0.2) is 22.1 Å². The largest absolute Gasteiger partial charge is 0.508 e. The number of benzene rings is 1. The van der Waals surface area contributed by atoms with Crippen LogP contribution in [0.1, 0.15) is 6.92 Å². The number of aromatic hydroxyl groups is 1. The lowest BCUT2D eigenvalue weighted by Gasteiger charge is -2.04. The van der Waals surface area contributed by atoms with Crippen molar-refractivity contribution in [3.8, 4) is 5.75 Å². The van der Waals surface area contributed by atoms with Crippen LogP contribution >= 0.6 is 0 Å². The third-order valence-corrected chi connectivity index (χ3v) is 1.82. The van der Waals surface area contributed by atoms with Crippen molar-refractivity contribution in [3.05, 3.63) is 35.9 Å². The SMILES string of the molecule is CC(=CC(=O)O)C(=O)Nc1ccc(O)cc1. The quantitative estimate of drug-likeness (QED) is 0.531. The summed E-state index contributed by atoms with van der Waals surface area (Å²) in [7, 11) is 0. The third-order valence-electron chi connectivity index (χ3n) is 1.82. The van der Waals surface area contributed by atoms with E-state index in [2.05, 4.69) is 5.32 Å². The van der Waals surface area contributed by atoms with Gasteiger partial charge in [-0.25, -0.2) is 4.79 Å². The van der Waals surface area contributed by atoms with Gasteiger partial charge in [0.1, 0.15) is 5.75 Å². The predicted octanol–water partition coefficient (Wildman–Crippen LogP) is 1.36. The highest BCUT2D eigenvalue weighted by Gasteiger charge is 2.06. The summed E-state index contributed by atoms with van der Waals surface area (Å²) >= 11 is 0. The summed E-state index contributed by atoms with van der Waals surface area (Å²) in [4.78, 5) is 21.7. The number of amides is 1. The first kappa shape index (κ1) is 11.8. The summed E-state index contributed by atoms with van der Waals surface area (Å²) < 4.78 is 0. The number of phenolic OH excluding ortho intramolecular Hbond substituents is 1. The maximum atomic E-state index is 11.4. The van der Waals surface area contributed by atoms with Crippen LogP contribution in [-0.2, 0) is 9.59 Å². The van der Waals surface area contributed by atoms with Crippen molar-refractivity contribution in [1.82, 2.24) is 0 Å². The van der Waals surface area contributed by atoms with Crippen molar-refractivity contribution in [2.45, 2.75) is 6.92 Å². The number of phenols is 1. The van der Waals surface area contributed by atoms with Crippen LogP contribution < -0.4 is 5.32 Å². The van der Waals surface area contributed by atoms with E-state index in [-0.39, 0.29) is 11.3 Å². The van der Waals surface area contributed by atoms with Crippen molar-refractivity contribution in [1.29, 1.82) is 0 Å². The number of hydrogen-bond donors (Lipinski definition) is 3. The number of nitrogens with one attached hydrogen (secondary N) is 1. The number of rotatable bonds is 3. The van der Waals surface area contributed by atoms with Gasteiger partial charge in [0.15, 0.2) is 0 Å². The normalized spacial score (nSPS) is 10.9. The molecule has 0 bridgehead atoms. The molecule has 0 heterocycles. The fraction of sp³-hybridized carbons (Fsp3) is 0.0909. The molecule has 1 rings (SSSR count). The summed E-state index contributed by atoms with van der Waals surface area (Å²) in [6, 6.07) is 5.88. The molecular formula is C11H11NO4. The molecule has 0 aliphatic carbocycles. The van der Waals surface area contributed by atoms with Gasteiger partial charge in [0.05, 0.1) is 0 Å². The molecule has 0 spiro atoms. The Labute approximate surface area is 92.0 Å². The monoisotopic (exact) mass is 221 g/mol. The molecule has 5 nitrogen and oxygen atoms in total. The molecule has 0 saturated carbocycles. The maximum absolute atomic E-state index is 11.4. The topological polar surface area (TPSA) is 86.6 Å². The van der Waals surface area contributed by atoms with Gasteiger partial charge in [0, 0.05) is 17.3 Å². The van der Waals surface area contributed by atoms with E-state index in [4.69, 9.17) is 10.2 Å². The standard InChI is InChI=1S/C11H11NO4/c1-7(6-10(14)15)11(16)12-8-2-4-9(13)5-3-8/h2-6,13H,1H3,(H,12,16)(H,14,15). The maximum Gasteiger partial charge on any atom is 0.328 e. The Bertz CT molecular complexity index is 434. The van der Waals surface area contributed by atoms with E-state index in [0.717, 1.165) is 6.08 Å². The molecule has 0 radical (unpaired) electrons. The fourth-order valence-corrected chi connectivity index (χ4v) is 1.03. The lowest BCUT2D eigenvalue weighted by molar-refractivity contribution is -0.131.